The van der Waals surface area contributed by atoms with E-state index < -0.39 is 24.7 Å². The maximum atomic E-state index is 12.4. The maximum Gasteiger partial charge on any atom is 0.401 e. The van der Waals surface area contributed by atoms with Gasteiger partial charge in [-0.25, -0.2) is 0 Å². The second-order valence-corrected chi connectivity index (χ2v) is 6.44. The van der Waals surface area contributed by atoms with Crippen molar-refractivity contribution < 1.29 is 22.7 Å². The van der Waals surface area contributed by atoms with E-state index in [-0.39, 0.29) is 23.4 Å². The van der Waals surface area contributed by atoms with Crippen molar-refractivity contribution in [2.45, 2.75) is 31.7 Å². The standard InChI is InChI=1S/C15H17Cl2F3N2O2/c1-9(24-12-4-2-3-11(16)13(12)17)14(23)21-10-5-6-22(7-10)8-15(18,19)20/h2-4,9-10H,5-8H2,1H3,(H,21,23)/t9-,10+/m1/s1. The van der Waals surface area contributed by atoms with Gasteiger partial charge in [-0.2, -0.15) is 13.2 Å². The molecule has 0 saturated carbocycles. The van der Waals surface area contributed by atoms with Gasteiger partial charge in [0, 0.05) is 19.1 Å². The van der Waals surface area contributed by atoms with Gasteiger partial charge >= 0.3 is 6.18 Å². The Bertz CT molecular complexity index is 599. The summed E-state index contributed by atoms with van der Waals surface area (Å²) in [6, 6.07) is 4.48. The summed E-state index contributed by atoms with van der Waals surface area (Å²) in [5.74, 6) is -0.137. The fourth-order valence-corrected chi connectivity index (χ4v) is 2.82. The first-order valence-electron chi connectivity index (χ1n) is 7.36. The second kappa shape index (κ2) is 7.80. The van der Waals surface area contributed by atoms with Crippen molar-refractivity contribution in [2.24, 2.45) is 0 Å². The summed E-state index contributed by atoms with van der Waals surface area (Å²) in [4.78, 5) is 13.4. The first-order chi connectivity index (χ1) is 11.2. The third-order valence-electron chi connectivity index (χ3n) is 3.61. The summed E-state index contributed by atoms with van der Waals surface area (Å²) in [5.41, 5.74) is 0. The first-order valence-corrected chi connectivity index (χ1v) is 8.11. The smallest absolute Gasteiger partial charge is 0.401 e. The Kier molecular flexibility index (Phi) is 6.22. The van der Waals surface area contributed by atoms with E-state index in [9.17, 15) is 18.0 Å². The van der Waals surface area contributed by atoms with Gasteiger partial charge in [-0.15, -0.1) is 0 Å². The molecule has 1 N–H and O–H groups in total. The number of hydrogen-bond donors (Lipinski definition) is 1. The molecule has 1 saturated heterocycles. The van der Waals surface area contributed by atoms with Gasteiger partial charge in [0.2, 0.25) is 0 Å². The number of nitrogens with zero attached hydrogens (tertiary/aromatic N) is 1. The van der Waals surface area contributed by atoms with Crippen molar-refractivity contribution in [3.63, 3.8) is 0 Å². The predicted octanol–water partition coefficient (Wildman–Crippen LogP) is 3.51. The fraction of sp³-hybridized carbons (Fsp3) is 0.533. The van der Waals surface area contributed by atoms with Crippen LogP contribution in [0.15, 0.2) is 18.2 Å². The van der Waals surface area contributed by atoms with E-state index in [4.69, 9.17) is 27.9 Å². The molecule has 0 aliphatic carbocycles. The first kappa shape index (κ1) is 19.1. The lowest BCUT2D eigenvalue weighted by atomic mass is 10.2. The highest BCUT2D eigenvalue weighted by Crippen LogP contribution is 2.32. The predicted molar refractivity (Wildman–Crippen MR) is 85.6 cm³/mol. The molecule has 134 valence electrons. The van der Waals surface area contributed by atoms with Crippen molar-refractivity contribution >= 4 is 29.1 Å². The molecule has 0 spiro atoms. The van der Waals surface area contributed by atoms with Crippen LogP contribution in [0.1, 0.15) is 13.3 Å². The normalized spacial score (nSPS) is 20.0. The molecule has 1 aromatic rings. The summed E-state index contributed by atoms with van der Waals surface area (Å²) in [6.07, 6.45) is -4.62. The molecule has 0 aromatic heterocycles. The van der Waals surface area contributed by atoms with Gasteiger partial charge in [0.25, 0.3) is 5.91 Å². The van der Waals surface area contributed by atoms with Crippen LogP contribution in [0.25, 0.3) is 0 Å². The molecule has 4 nitrogen and oxygen atoms in total. The maximum absolute atomic E-state index is 12.4. The summed E-state index contributed by atoms with van der Waals surface area (Å²) < 4.78 is 42.6. The number of benzene rings is 1. The molecule has 2 rings (SSSR count). The zero-order valence-electron chi connectivity index (χ0n) is 12.9. The highest BCUT2D eigenvalue weighted by atomic mass is 35.5. The minimum absolute atomic E-state index is 0.163. The molecule has 2 atom stereocenters. The number of carbonyl (C=O) groups excluding carboxylic acids is 1. The van der Waals surface area contributed by atoms with Crippen molar-refractivity contribution in [1.29, 1.82) is 0 Å². The second-order valence-electron chi connectivity index (χ2n) is 5.66. The average molecular weight is 385 g/mol. The van der Waals surface area contributed by atoms with Gasteiger partial charge in [-0.3, -0.25) is 9.69 Å². The minimum Gasteiger partial charge on any atom is -0.479 e. The van der Waals surface area contributed by atoms with Crippen molar-refractivity contribution in [3.8, 4) is 5.75 Å². The lowest BCUT2D eigenvalue weighted by Crippen LogP contribution is -2.44. The molecule has 0 radical (unpaired) electrons. The number of rotatable bonds is 5. The van der Waals surface area contributed by atoms with E-state index in [1.165, 1.54) is 11.8 Å². The highest BCUT2D eigenvalue weighted by molar-refractivity contribution is 6.42. The number of nitrogens with one attached hydrogen (secondary N) is 1. The van der Waals surface area contributed by atoms with Gasteiger partial charge in [0.05, 0.1) is 11.6 Å². The molecule has 1 aliphatic rings. The third kappa shape index (κ3) is 5.43. The number of amides is 1. The van der Waals surface area contributed by atoms with Crippen LogP contribution in [0, 0.1) is 0 Å². The highest BCUT2D eigenvalue weighted by Gasteiger charge is 2.35. The summed E-state index contributed by atoms with van der Waals surface area (Å²) in [5, 5.41) is 3.21. The van der Waals surface area contributed by atoms with Gasteiger partial charge in [-0.05, 0) is 25.5 Å². The Morgan fingerprint density at radius 3 is 2.83 bits per heavy atom. The number of likely N-dealkylation sites (tertiary alicyclic amines) is 1. The Hall–Kier alpha value is -1.18. The number of hydrogen-bond acceptors (Lipinski definition) is 3. The van der Waals surface area contributed by atoms with Crippen molar-refractivity contribution in [3.05, 3.63) is 28.2 Å². The number of carbonyl (C=O) groups is 1. The molecule has 1 amide bonds. The van der Waals surface area contributed by atoms with Gasteiger partial charge in [0.1, 0.15) is 10.8 Å². The van der Waals surface area contributed by atoms with E-state index in [2.05, 4.69) is 5.32 Å². The molecule has 1 fully saturated rings. The summed E-state index contributed by atoms with van der Waals surface area (Å²) >= 11 is 11.9. The molecule has 24 heavy (non-hydrogen) atoms. The Labute approximate surface area is 147 Å². The van der Waals surface area contributed by atoms with Crippen molar-refractivity contribution in [1.82, 2.24) is 10.2 Å². The van der Waals surface area contributed by atoms with E-state index in [1.807, 2.05) is 0 Å². The van der Waals surface area contributed by atoms with Crippen LogP contribution in [0.2, 0.25) is 10.0 Å². The number of halogens is 5. The zero-order valence-corrected chi connectivity index (χ0v) is 14.4. The van der Waals surface area contributed by atoms with Crippen LogP contribution in [0.5, 0.6) is 5.75 Å². The number of ether oxygens (including phenoxy) is 1. The molecule has 1 aromatic carbocycles. The van der Waals surface area contributed by atoms with Gasteiger partial charge < -0.3 is 10.1 Å². The van der Waals surface area contributed by atoms with Crippen LogP contribution in [0.3, 0.4) is 0 Å². The van der Waals surface area contributed by atoms with E-state index in [1.54, 1.807) is 18.2 Å². The van der Waals surface area contributed by atoms with E-state index >= 15 is 0 Å². The SMILES string of the molecule is C[C@@H](Oc1cccc(Cl)c1Cl)C(=O)N[C@H]1CCN(CC(F)(F)F)C1. The summed E-state index contributed by atoms with van der Waals surface area (Å²) in [6.45, 7) is 1.02. The van der Waals surface area contributed by atoms with Crippen LogP contribution in [-0.4, -0.2) is 48.8 Å². The lowest BCUT2D eigenvalue weighted by Gasteiger charge is -2.20. The Morgan fingerprint density at radius 1 is 1.46 bits per heavy atom. The topological polar surface area (TPSA) is 41.6 Å². The van der Waals surface area contributed by atoms with Crippen LogP contribution < -0.4 is 10.1 Å². The Balaban J connectivity index is 1.85. The monoisotopic (exact) mass is 384 g/mol. The Morgan fingerprint density at radius 2 is 2.17 bits per heavy atom. The van der Waals surface area contributed by atoms with Crippen LogP contribution in [0.4, 0.5) is 13.2 Å². The third-order valence-corrected chi connectivity index (χ3v) is 4.41. The molecule has 0 unspecified atom stereocenters. The zero-order chi connectivity index (χ0) is 17.9. The number of alkyl halides is 3. The molecular formula is C15H17Cl2F3N2O2. The van der Waals surface area contributed by atoms with Gasteiger partial charge in [-0.1, -0.05) is 29.3 Å². The minimum atomic E-state index is -4.24. The van der Waals surface area contributed by atoms with Gasteiger partial charge in [0.15, 0.2) is 6.10 Å². The lowest BCUT2D eigenvalue weighted by molar-refractivity contribution is -0.143. The van der Waals surface area contributed by atoms with Crippen molar-refractivity contribution in [2.75, 3.05) is 19.6 Å². The van der Waals surface area contributed by atoms with E-state index in [0.29, 0.717) is 18.0 Å². The fourth-order valence-electron chi connectivity index (χ4n) is 2.49. The van der Waals surface area contributed by atoms with Crippen LogP contribution in [-0.2, 0) is 4.79 Å². The molecule has 0 bridgehead atoms. The molecule has 1 aliphatic heterocycles. The molecular weight excluding hydrogens is 368 g/mol. The van der Waals surface area contributed by atoms with E-state index in [0.717, 1.165) is 0 Å². The quantitative estimate of drug-likeness (QED) is 0.844. The summed E-state index contributed by atoms with van der Waals surface area (Å²) in [7, 11) is 0. The average Bonchev–Trinajstić information content (AvgIpc) is 2.88. The van der Waals surface area contributed by atoms with Crippen LogP contribution >= 0.6 is 23.2 Å². The largest absolute Gasteiger partial charge is 0.479 e. The molecule has 1 heterocycles. The molecule has 9 heteroatoms.